The molecule has 1 aliphatic rings. The Balaban J connectivity index is 1.68. The van der Waals surface area contributed by atoms with Crippen molar-refractivity contribution in [2.45, 2.75) is 26.2 Å². The molecule has 0 aliphatic carbocycles. The average molecular weight is 377 g/mol. The van der Waals surface area contributed by atoms with Crippen molar-refractivity contribution in [1.29, 1.82) is 0 Å². The molecule has 148 valence electrons. The lowest BCUT2D eigenvalue weighted by Crippen LogP contribution is -2.42. The minimum absolute atomic E-state index is 0.0392. The van der Waals surface area contributed by atoms with Crippen LogP contribution < -0.4 is 16.0 Å². The molecule has 0 unspecified atom stereocenters. The van der Waals surface area contributed by atoms with Crippen LogP contribution in [0.1, 0.15) is 25.3 Å². The number of halogens is 1. The number of amides is 2. The first-order valence-electron chi connectivity index (χ1n) is 9.39. The number of benzene rings is 1. The Morgan fingerprint density at radius 3 is 2.41 bits per heavy atom. The van der Waals surface area contributed by atoms with E-state index in [1.165, 1.54) is 12.1 Å². The lowest BCUT2D eigenvalue weighted by atomic mass is 10.1. The van der Waals surface area contributed by atoms with Crippen molar-refractivity contribution in [3.63, 3.8) is 0 Å². The quantitative estimate of drug-likeness (QED) is 0.353. The summed E-state index contributed by atoms with van der Waals surface area (Å²) in [6, 6.07) is 5.88. The zero-order valence-electron chi connectivity index (χ0n) is 15.8. The van der Waals surface area contributed by atoms with Crippen molar-refractivity contribution >= 4 is 17.8 Å². The maximum Gasteiger partial charge on any atom is 0.244 e. The lowest BCUT2D eigenvalue weighted by Gasteiger charge is -2.15. The van der Waals surface area contributed by atoms with Gasteiger partial charge in [0.25, 0.3) is 0 Å². The molecule has 0 aromatic heterocycles. The summed E-state index contributed by atoms with van der Waals surface area (Å²) in [6.45, 7) is 5.29. The highest BCUT2D eigenvalue weighted by Crippen LogP contribution is 2.07. The third kappa shape index (κ3) is 7.64. The molecular formula is C19H28FN5O2. The molecular weight excluding hydrogens is 349 g/mol. The van der Waals surface area contributed by atoms with E-state index < -0.39 is 0 Å². The van der Waals surface area contributed by atoms with Gasteiger partial charge >= 0.3 is 0 Å². The fourth-order valence-electron chi connectivity index (χ4n) is 2.79. The molecule has 27 heavy (non-hydrogen) atoms. The molecule has 0 radical (unpaired) electrons. The van der Waals surface area contributed by atoms with E-state index in [-0.39, 0.29) is 30.6 Å². The molecule has 1 aromatic carbocycles. The largest absolute Gasteiger partial charge is 0.357 e. The van der Waals surface area contributed by atoms with E-state index in [9.17, 15) is 14.0 Å². The van der Waals surface area contributed by atoms with Gasteiger partial charge in [0.05, 0.1) is 6.42 Å². The van der Waals surface area contributed by atoms with Crippen molar-refractivity contribution in [2.24, 2.45) is 4.99 Å². The normalized spacial score (nSPS) is 14.1. The fourth-order valence-corrected chi connectivity index (χ4v) is 2.79. The van der Waals surface area contributed by atoms with Crippen LogP contribution in [0.15, 0.2) is 29.3 Å². The van der Waals surface area contributed by atoms with Gasteiger partial charge < -0.3 is 20.9 Å². The molecule has 0 atom stereocenters. The molecule has 2 amide bonds. The van der Waals surface area contributed by atoms with Crippen LogP contribution in [0, 0.1) is 5.82 Å². The van der Waals surface area contributed by atoms with Gasteiger partial charge in [-0.25, -0.2) is 9.38 Å². The smallest absolute Gasteiger partial charge is 0.244 e. The van der Waals surface area contributed by atoms with Gasteiger partial charge in [0, 0.05) is 32.7 Å². The van der Waals surface area contributed by atoms with Crippen LogP contribution in [0.25, 0.3) is 0 Å². The Labute approximate surface area is 159 Å². The van der Waals surface area contributed by atoms with E-state index >= 15 is 0 Å². The summed E-state index contributed by atoms with van der Waals surface area (Å²) in [5, 5.41) is 8.98. The van der Waals surface area contributed by atoms with E-state index in [0.29, 0.717) is 25.6 Å². The zero-order valence-corrected chi connectivity index (χ0v) is 15.8. The first-order valence-corrected chi connectivity index (χ1v) is 9.39. The maximum absolute atomic E-state index is 12.9. The van der Waals surface area contributed by atoms with Crippen LogP contribution >= 0.6 is 0 Å². The zero-order chi connectivity index (χ0) is 19.5. The number of hydrogen-bond donors (Lipinski definition) is 3. The van der Waals surface area contributed by atoms with Crippen molar-refractivity contribution in [1.82, 2.24) is 20.9 Å². The molecule has 0 bridgehead atoms. The van der Waals surface area contributed by atoms with Gasteiger partial charge in [-0.3, -0.25) is 9.59 Å². The standard InChI is InChI=1S/C19H28FN5O2/c1-2-21-19(24-14-18(27)25-11-3-4-12-25)23-10-9-22-17(26)13-15-5-7-16(20)8-6-15/h5-8H,2-4,9-14H2,1H3,(H,22,26)(H2,21,23,24). The average Bonchev–Trinajstić information content (AvgIpc) is 3.19. The number of carbonyl (C=O) groups excluding carboxylic acids is 2. The molecule has 1 saturated heterocycles. The molecule has 3 N–H and O–H groups in total. The molecule has 1 fully saturated rings. The molecule has 0 saturated carbocycles. The number of nitrogens with zero attached hydrogens (tertiary/aromatic N) is 2. The Hall–Kier alpha value is -2.64. The molecule has 2 rings (SSSR count). The van der Waals surface area contributed by atoms with Crippen LogP contribution in [0.2, 0.25) is 0 Å². The second kappa shape index (κ2) is 11.2. The number of likely N-dealkylation sites (tertiary alicyclic amines) is 1. The summed E-state index contributed by atoms with van der Waals surface area (Å²) in [6.07, 6.45) is 2.33. The van der Waals surface area contributed by atoms with Crippen molar-refractivity contribution in [2.75, 3.05) is 39.3 Å². The predicted molar refractivity (Wildman–Crippen MR) is 103 cm³/mol. The van der Waals surface area contributed by atoms with E-state index in [0.717, 1.165) is 31.5 Å². The topological polar surface area (TPSA) is 85.8 Å². The van der Waals surface area contributed by atoms with Gasteiger partial charge in [-0.2, -0.15) is 0 Å². The molecule has 8 heteroatoms. The fraction of sp³-hybridized carbons (Fsp3) is 0.526. The van der Waals surface area contributed by atoms with Crippen molar-refractivity contribution in [3.05, 3.63) is 35.6 Å². The molecule has 1 heterocycles. The third-order valence-electron chi connectivity index (χ3n) is 4.19. The van der Waals surface area contributed by atoms with Crippen molar-refractivity contribution in [3.8, 4) is 0 Å². The minimum atomic E-state index is -0.318. The van der Waals surface area contributed by atoms with E-state index in [4.69, 9.17) is 0 Å². The van der Waals surface area contributed by atoms with Gasteiger partial charge in [0.1, 0.15) is 12.4 Å². The first-order chi connectivity index (χ1) is 13.1. The van der Waals surface area contributed by atoms with Crippen LogP contribution in [0.3, 0.4) is 0 Å². The summed E-state index contributed by atoms with van der Waals surface area (Å²) < 4.78 is 12.9. The molecule has 7 nitrogen and oxygen atoms in total. The highest BCUT2D eigenvalue weighted by atomic mass is 19.1. The van der Waals surface area contributed by atoms with Crippen LogP contribution in [-0.2, 0) is 16.0 Å². The molecule has 1 aromatic rings. The summed E-state index contributed by atoms with van der Waals surface area (Å²) in [4.78, 5) is 30.1. The third-order valence-corrected chi connectivity index (χ3v) is 4.19. The minimum Gasteiger partial charge on any atom is -0.357 e. The maximum atomic E-state index is 12.9. The van der Waals surface area contributed by atoms with Gasteiger partial charge in [-0.15, -0.1) is 0 Å². The van der Waals surface area contributed by atoms with Crippen molar-refractivity contribution < 1.29 is 14.0 Å². The summed E-state index contributed by atoms with van der Waals surface area (Å²) in [5.41, 5.74) is 0.761. The summed E-state index contributed by atoms with van der Waals surface area (Å²) in [7, 11) is 0. The lowest BCUT2D eigenvalue weighted by molar-refractivity contribution is -0.128. The van der Waals surface area contributed by atoms with Gasteiger partial charge in [0.2, 0.25) is 11.8 Å². The molecule has 0 spiro atoms. The first kappa shape index (κ1) is 20.7. The number of guanidine groups is 1. The monoisotopic (exact) mass is 377 g/mol. The van der Waals surface area contributed by atoms with Crippen LogP contribution in [0.5, 0.6) is 0 Å². The summed E-state index contributed by atoms with van der Waals surface area (Å²) in [5.74, 6) is 0.145. The SMILES string of the molecule is CCNC(=NCC(=O)N1CCCC1)NCCNC(=O)Cc1ccc(F)cc1. The molecule has 1 aliphatic heterocycles. The Bertz CT molecular complexity index is 642. The second-order valence-electron chi connectivity index (χ2n) is 6.36. The highest BCUT2D eigenvalue weighted by Gasteiger charge is 2.17. The van der Waals surface area contributed by atoms with E-state index in [1.807, 2.05) is 11.8 Å². The Kier molecular flexibility index (Phi) is 8.54. The van der Waals surface area contributed by atoms with E-state index in [2.05, 4.69) is 20.9 Å². The highest BCUT2D eigenvalue weighted by molar-refractivity contribution is 5.85. The number of nitrogens with one attached hydrogen (secondary N) is 3. The summed E-state index contributed by atoms with van der Waals surface area (Å²) >= 11 is 0. The number of aliphatic imine (C=N–C) groups is 1. The number of carbonyl (C=O) groups is 2. The van der Waals surface area contributed by atoms with Gasteiger partial charge in [0.15, 0.2) is 5.96 Å². The number of rotatable bonds is 8. The Morgan fingerprint density at radius 2 is 1.74 bits per heavy atom. The van der Waals surface area contributed by atoms with E-state index in [1.54, 1.807) is 12.1 Å². The second-order valence-corrected chi connectivity index (χ2v) is 6.36. The van der Waals surface area contributed by atoms with Crippen LogP contribution in [-0.4, -0.2) is 61.9 Å². The Morgan fingerprint density at radius 1 is 1.07 bits per heavy atom. The van der Waals surface area contributed by atoms with Gasteiger partial charge in [-0.1, -0.05) is 12.1 Å². The number of hydrogen-bond acceptors (Lipinski definition) is 3. The predicted octanol–water partition coefficient (Wildman–Crippen LogP) is 0.662. The van der Waals surface area contributed by atoms with Gasteiger partial charge in [-0.05, 0) is 37.5 Å². The van der Waals surface area contributed by atoms with Crippen LogP contribution in [0.4, 0.5) is 4.39 Å².